The van der Waals surface area contributed by atoms with E-state index in [1.165, 1.54) is 12.1 Å². The molecule has 0 saturated carbocycles. The predicted octanol–water partition coefficient (Wildman–Crippen LogP) is 1.37. The fraction of sp³-hybridized carbons (Fsp3) is 0.636. The summed E-state index contributed by atoms with van der Waals surface area (Å²) in [5, 5.41) is 3.40. The first-order valence-electron chi connectivity index (χ1n) is 5.35. The zero-order valence-corrected chi connectivity index (χ0v) is 8.96. The van der Waals surface area contributed by atoms with Crippen LogP contribution in [0, 0.1) is 0 Å². The number of nitrogens with zero attached hydrogens (tertiary/aromatic N) is 1. The molecule has 0 radical (unpaired) electrons. The van der Waals surface area contributed by atoms with Crippen LogP contribution in [0.3, 0.4) is 0 Å². The third-order valence-electron chi connectivity index (χ3n) is 3.29. The van der Waals surface area contributed by atoms with Gasteiger partial charge in [0.25, 0.3) is 0 Å². The van der Waals surface area contributed by atoms with Gasteiger partial charge in [-0.25, -0.2) is 0 Å². The van der Waals surface area contributed by atoms with Crippen LogP contribution in [0.5, 0.6) is 0 Å². The van der Waals surface area contributed by atoms with Crippen molar-refractivity contribution in [1.82, 2.24) is 15.2 Å². The van der Waals surface area contributed by atoms with Crippen LogP contribution in [-0.4, -0.2) is 36.1 Å². The summed E-state index contributed by atoms with van der Waals surface area (Å²) >= 11 is 0. The van der Waals surface area contributed by atoms with Gasteiger partial charge >= 0.3 is 0 Å². The van der Waals surface area contributed by atoms with E-state index in [1.807, 2.05) is 6.20 Å². The van der Waals surface area contributed by atoms with Gasteiger partial charge in [-0.15, -0.1) is 0 Å². The van der Waals surface area contributed by atoms with E-state index < -0.39 is 0 Å². The van der Waals surface area contributed by atoms with Crippen molar-refractivity contribution in [3.63, 3.8) is 0 Å². The minimum Gasteiger partial charge on any atom is -0.364 e. The lowest BCUT2D eigenvalue weighted by Gasteiger charge is -2.29. The van der Waals surface area contributed by atoms with Crippen LogP contribution in [0.2, 0.25) is 0 Å². The quantitative estimate of drug-likeness (QED) is 0.759. The lowest BCUT2D eigenvalue weighted by molar-refractivity contribution is 0.194. The molecular weight excluding hydrogens is 174 g/mol. The van der Waals surface area contributed by atoms with Gasteiger partial charge in [0, 0.05) is 30.5 Å². The molecule has 1 aromatic rings. The lowest BCUT2D eigenvalue weighted by atomic mass is 10.1. The van der Waals surface area contributed by atoms with Crippen molar-refractivity contribution >= 4 is 0 Å². The lowest BCUT2D eigenvalue weighted by Crippen LogP contribution is -2.35. The minimum atomic E-state index is 0.481. The van der Waals surface area contributed by atoms with Gasteiger partial charge in [0.15, 0.2) is 0 Å². The van der Waals surface area contributed by atoms with Crippen molar-refractivity contribution in [2.75, 3.05) is 20.1 Å². The molecule has 2 rings (SSSR count). The molecule has 1 saturated heterocycles. The van der Waals surface area contributed by atoms with E-state index in [4.69, 9.17) is 0 Å². The largest absolute Gasteiger partial charge is 0.364 e. The van der Waals surface area contributed by atoms with Crippen molar-refractivity contribution in [2.45, 2.75) is 25.4 Å². The van der Waals surface area contributed by atoms with Gasteiger partial charge in [-0.2, -0.15) is 0 Å². The molecule has 0 aliphatic carbocycles. The molecule has 1 aliphatic rings. The fourth-order valence-corrected chi connectivity index (χ4v) is 2.13. The molecule has 0 spiro atoms. The maximum atomic E-state index is 3.40. The van der Waals surface area contributed by atoms with Crippen molar-refractivity contribution < 1.29 is 0 Å². The second kappa shape index (κ2) is 4.15. The number of aromatic amines is 1. The molecule has 2 heterocycles. The Bertz CT molecular complexity index is 262. The van der Waals surface area contributed by atoms with E-state index in [-0.39, 0.29) is 0 Å². The van der Waals surface area contributed by atoms with E-state index >= 15 is 0 Å². The number of likely N-dealkylation sites (N-methyl/N-ethyl adjacent to an activating group) is 1. The van der Waals surface area contributed by atoms with Crippen LogP contribution in [-0.2, 0) is 0 Å². The summed E-state index contributed by atoms with van der Waals surface area (Å²) in [5.41, 5.74) is 1.31. The summed E-state index contributed by atoms with van der Waals surface area (Å²) in [7, 11) is 2.21. The highest BCUT2D eigenvalue weighted by Crippen LogP contribution is 2.21. The number of H-pyrrole nitrogens is 1. The maximum absolute atomic E-state index is 3.40. The number of rotatable bonds is 3. The first kappa shape index (κ1) is 9.74. The number of hydrogen-bond acceptors (Lipinski definition) is 2. The molecule has 3 nitrogen and oxygen atoms in total. The maximum Gasteiger partial charge on any atom is 0.0470 e. The topological polar surface area (TPSA) is 31.1 Å². The highest BCUT2D eigenvalue weighted by atomic mass is 15.2. The van der Waals surface area contributed by atoms with Crippen LogP contribution >= 0.6 is 0 Å². The Kier molecular flexibility index (Phi) is 2.89. The van der Waals surface area contributed by atoms with Gasteiger partial charge in [0.2, 0.25) is 0 Å². The molecule has 2 N–H and O–H groups in total. The smallest absolute Gasteiger partial charge is 0.0470 e. The van der Waals surface area contributed by atoms with Gasteiger partial charge < -0.3 is 10.3 Å². The molecule has 2 unspecified atom stereocenters. The second-order valence-corrected chi connectivity index (χ2v) is 4.11. The van der Waals surface area contributed by atoms with Gasteiger partial charge in [0.05, 0.1) is 0 Å². The van der Waals surface area contributed by atoms with E-state index in [1.54, 1.807) is 0 Å². The molecule has 3 heteroatoms. The fourth-order valence-electron chi connectivity index (χ4n) is 2.13. The van der Waals surface area contributed by atoms with Crippen LogP contribution in [0.25, 0.3) is 0 Å². The molecule has 1 fully saturated rings. The van der Waals surface area contributed by atoms with Gasteiger partial charge in [-0.05, 0) is 39.1 Å². The number of aromatic nitrogens is 1. The number of hydrogen-bond donors (Lipinski definition) is 2. The average molecular weight is 193 g/mol. The Morgan fingerprint density at radius 3 is 3.00 bits per heavy atom. The Morgan fingerprint density at radius 1 is 1.57 bits per heavy atom. The molecule has 0 aromatic carbocycles. The molecule has 14 heavy (non-hydrogen) atoms. The van der Waals surface area contributed by atoms with E-state index in [0.29, 0.717) is 12.1 Å². The summed E-state index contributed by atoms with van der Waals surface area (Å²) < 4.78 is 0. The van der Waals surface area contributed by atoms with Crippen LogP contribution in [0.4, 0.5) is 0 Å². The Balaban J connectivity index is 2.00. The summed E-state index contributed by atoms with van der Waals surface area (Å²) in [6, 6.07) is 5.39. The van der Waals surface area contributed by atoms with E-state index in [0.717, 1.165) is 13.1 Å². The molecule has 1 aliphatic heterocycles. The summed E-state index contributed by atoms with van der Waals surface area (Å²) in [6.07, 6.45) is 3.26. The Labute approximate surface area is 85.5 Å². The Morgan fingerprint density at radius 2 is 2.43 bits per heavy atom. The molecule has 0 bridgehead atoms. The second-order valence-electron chi connectivity index (χ2n) is 4.11. The SMILES string of the molecule is CC(c1ccc[nH]1)N(C)C1CCNC1. The highest BCUT2D eigenvalue weighted by Gasteiger charge is 2.23. The third-order valence-corrected chi connectivity index (χ3v) is 3.29. The Hall–Kier alpha value is -0.800. The summed E-state index contributed by atoms with van der Waals surface area (Å²) in [6.45, 7) is 4.54. The molecule has 78 valence electrons. The van der Waals surface area contributed by atoms with Crippen LogP contribution < -0.4 is 5.32 Å². The van der Waals surface area contributed by atoms with Gasteiger partial charge in [-0.3, -0.25) is 4.90 Å². The van der Waals surface area contributed by atoms with Crippen molar-refractivity contribution in [3.05, 3.63) is 24.0 Å². The average Bonchev–Trinajstić information content (AvgIpc) is 2.87. The molecule has 1 aromatic heterocycles. The molecular formula is C11H19N3. The number of nitrogens with one attached hydrogen (secondary N) is 2. The molecule has 0 amide bonds. The van der Waals surface area contributed by atoms with Crippen molar-refractivity contribution in [2.24, 2.45) is 0 Å². The molecule has 2 atom stereocenters. The first-order valence-corrected chi connectivity index (χ1v) is 5.35. The van der Waals surface area contributed by atoms with Crippen molar-refractivity contribution in [1.29, 1.82) is 0 Å². The van der Waals surface area contributed by atoms with Gasteiger partial charge in [0.1, 0.15) is 0 Å². The van der Waals surface area contributed by atoms with Crippen LogP contribution in [0.15, 0.2) is 18.3 Å². The third kappa shape index (κ3) is 1.83. The summed E-state index contributed by atoms with van der Waals surface area (Å²) in [5.74, 6) is 0. The highest BCUT2D eigenvalue weighted by molar-refractivity contribution is 5.08. The van der Waals surface area contributed by atoms with Crippen molar-refractivity contribution in [3.8, 4) is 0 Å². The monoisotopic (exact) mass is 193 g/mol. The van der Waals surface area contributed by atoms with E-state index in [9.17, 15) is 0 Å². The van der Waals surface area contributed by atoms with Gasteiger partial charge in [-0.1, -0.05) is 0 Å². The first-order chi connectivity index (χ1) is 6.79. The van der Waals surface area contributed by atoms with E-state index in [2.05, 4.69) is 41.3 Å². The zero-order valence-electron chi connectivity index (χ0n) is 8.96. The standard InChI is InChI=1S/C11H19N3/c1-9(11-4-3-6-13-11)14(2)10-5-7-12-8-10/h3-4,6,9-10,12-13H,5,7-8H2,1-2H3. The minimum absolute atomic E-state index is 0.481. The summed E-state index contributed by atoms with van der Waals surface area (Å²) in [4.78, 5) is 5.73. The predicted molar refractivity (Wildman–Crippen MR) is 58.2 cm³/mol. The van der Waals surface area contributed by atoms with Crippen LogP contribution in [0.1, 0.15) is 25.1 Å². The normalized spacial score (nSPS) is 24.4. The zero-order chi connectivity index (χ0) is 9.97.